The first-order valence-electron chi connectivity index (χ1n) is 7.91. The number of urea groups is 1. The minimum absolute atomic E-state index is 0.102. The first-order valence-corrected chi connectivity index (χ1v) is 7.91. The summed E-state index contributed by atoms with van der Waals surface area (Å²) < 4.78 is 5.33. The van der Waals surface area contributed by atoms with Gasteiger partial charge in [0.15, 0.2) is 0 Å². The summed E-state index contributed by atoms with van der Waals surface area (Å²) in [7, 11) is 1.60. The molecule has 2 N–H and O–H groups in total. The zero-order valence-electron chi connectivity index (χ0n) is 14.4. The molecule has 24 heavy (non-hydrogen) atoms. The summed E-state index contributed by atoms with van der Waals surface area (Å²) >= 11 is 0. The standard InChI is InChI=1S/C19H24N2O3/c1-14-8-9-17(12-15(14)2)20-19(23)21(10-11-22)13-16-6-4-5-7-18(16)24-3/h4-9,12,22H,10-11,13H2,1-3H3,(H,20,23). The third-order valence-electron chi connectivity index (χ3n) is 3.97. The van der Waals surface area contributed by atoms with Crippen LogP contribution in [0.4, 0.5) is 10.5 Å². The minimum Gasteiger partial charge on any atom is -0.496 e. The van der Waals surface area contributed by atoms with Crippen molar-refractivity contribution in [2.24, 2.45) is 0 Å². The number of aliphatic hydroxyl groups excluding tert-OH is 1. The Morgan fingerprint density at radius 3 is 2.58 bits per heavy atom. The second-order valence-electron chi connectivity index (χ2n) is 5.69. The van der Waals surface area contributed by atoms with Gasteiger partial charge in [0.25, 0.3) is 0 Å². The normalized spacial score (nSPS) is 10.3. The van der Waals surface area contributed by atoms with Gasteiger partial charge >= 0.3 is 6.03 Å². The summed E-state index contributed by atoms with van der Waals surface area (Å²) in [4.78, 5) is 14.1. The molecule has 2 rings (SSSR count). The first kappa shape index (κ1) is 17.8. The molecule has 2 amide bonds. The van der Waals surface area contributed by atoms with Gasteiger partial charge in [-0.15, -0.1) is 0 Å². The monoisotopic (exact) mass is 328 g/mol. The number of ether oxygens (including phenoxy) is 1. The number of anilines is 1. The number of benzene rings is 2. The molecule has 0 atom stereocenters. The van der Waals surface area contributed by atoms with Gasteiger partial charge in [0.05, 0.1) is 20.3 Å². The van der Waals surface area contributed by atoms with Crippen molar-refractivity contribution in [1.82, 2.24) is 4.90 Å². The van der Waals surface area contributed by atoms with Crippen LogP contribution in [0, 0.1) is 13.8 Å². The number of hydrogen-bond donors (Lipinski definition) is 2. The molecule has 0 saturated carbocycles. The van der Waals surface area contributed by atoms with Crippen LogP contribution in [0.15, 0.2) is 42.5 Å². The number of methoxy groups -OCH3 is 1. The molecule has 5 heteroatoms. The van der Waals surface area contributed by atoms with Crippen molar-refractivity contribution in [3.05, 3.63) is 59.2 Å². The number of aryl methyl sites for hydroxylation is 2. The molecule has 2 aromatic carbocycles. The van der Waals surface area contributed by atoms with Gasteiger partial charge in [0.1, 0.15) is 5.75 Å². The Bertz CT molecular complexity index is 701. The highest BCUT2D eigenvalue weighted by Gasteiger charge is 2.16. The van der Waals surface area contributed by atoms with Crippen LogP contribution < -0.4 is 10.1 Å². The van der Waals surface area contributed by atoms with E-state index in [4.69, 9.17) is 4.74 Å². The molecule has 0 saturated heterocycles. The van der Waals surface area contributed by atoms with E-state index in [-0.39, 0.29) is 19.2 Å². The largest absolute Gasteiger partial charge is 0.496 e. The molecular formula is C19H24N2O3. The molecule has 0 heterocycles. The Balaban J connectivity index is 2.13. The van der Waals surface area contributed by atoms with Gasteiger partial charge in [-0.25, -0.2) is 4.79 Å². The van der Waals surface area contributed by atoms with Crippen LogP contribution in [0.1, 0.15) is 16.7 Å². The Morgan fingerprint density at radius 1 is 1.17 bits per heavy atom. The van der Waals surface area contributed by atoms with Gasteiger partial charge in [-0.2, -0.15) is 0 Å². The number of rotatable bonds is 6. The topological polar surface area (TPSA) is 61.8 Å². The quantitative estimate of drug-likeness (QED) is 0.855. The number of nitrogens with zero attached hydrogens (tertiary/aromatic N) is 1. The molecule has 0 aliphatic rings. The summed E-state index contributed by atoms with van der Waals surface area (Å²) in [6, 6.07) is 13.1. The maximum Gasteiger partial charge on any atom is 0.322 e. The van der Waals surface area contributed by atoms with Gasteiger partial charge < -0.3 is 20.1 Å². The fourth-order valence-electron chi connectivity index (χ4n) is 2.43. The van der Waals surface area contributed by atoms with Crippen molar-refractivity contribution in [1.29, 1.82) is 0 Å². The van der Waals surface area contributed by atoms with Crippen molar-refractivity contribution in [3.8, 4) is 5.75 Å². The lowest BCUT2D eigenvalue weighted by Crippen LogP contribution is -2.36. The van der Waals surface area contributed by atoms with Gasteiger partial charge in [0, 0.05) is 17.8 Å². The Labute approximate surface area is 142 Å². The molecule has 5 nitrogen and oxygen atoms in total. The van der Waals surface area contributed by atoms with E-state index < -0.39 is 0 Å². The van der Waals surface area contributed by atoms with Crippen molar-refractivity contribution in [2.75, 3.05) is 25.6 Å². The Kier molecular flexibility index (Phi) is 6.21. The van der Waals surface area contributed by atoms with E-state index in [1.807, 2.05) is 56.3 Å². The number of amides is 2. The zero-order valence-corrected chi connectivity index (χ0v) is 14.4. The molecule has 0 fully saturated rings. The highest BCUT2D eigenvalue weighted by Crippen LogP contribution is 2.20. The van der Waals surface area contributed by atoms with E-state index in [9.17, 15) is 9.90 Å². The molecule has 2 aromatic rings. The SMILES string of the molecule is COc1ccccc1CN(CCO)C(=O)Nc1ccc(C)c(C)c1. The van der Waals surface area contributed by atoms with E-state index in [1.54, 1.807) is 12.0 Å². The van der Waals surface area contributed by atoms with Gasteiger partial charge in [-0.05, 0) is 43.2 Å². The predicted molar refractivity (Wildman–Crippen MR) is 95.4 cm³/mol. The zero-order chi connectivity index (χ0) is 17.5. The molecule has 0 radical (unpaired) electrons. The third-order valence-corrected chi connectivity index (χ3v) is 3.97. The second kappa shape index (κ2) is 8.36. The van der Waals surface area contributed by atoms with E-state index in [2.05, 4.69) is 5.32 Å². The van der Waals surface area contributed by atoms with E-state index in [0.29, 0.717) is 6.54 Å². The summed E-state index contributed by atoms with van der Waals surface area (Å²) in [5.74, 6) is 0.722. The fourth-order valence-corrected chi connectivity index (χ4v) is 2.43. The molecule has 0 unspecified atom stereocenters. The van der Waals surface area contributed by atoms with E-state index in [1.165, 1.54) is 5.56 Å². The number of aliphatic hydroxyl groups is 1. The molecule has 0 spiro atoms. The van der Waals surface area contributed by atoms with Gasteiger partial charge in [-0.3, -0.25) is 0 Å². The van der Waals surface area contributed by atoms with Crippen LogP contribution in [0.25, 0.3) is 0 Å². The van der Waals surface area contributed by atoms with Gasteiger partial charge in [0.2, 0.25) is 0 Å². The Hall–Kier alpha value is -2.53. The maximum absolute atomic E-state index is 12.6. The van der Waals surface area contributed by atoms with Crippen LogP contribution in [-0.4, -0.2) is 36.3 Å². The fraction of sp³-hybridized carbons (Fsp3) is 0.316. The van der Waals surface area contributed by atoms with Crippen molar-refractivity contribution >= 4 is 11.7 Å². The minimum atomic E-state index is -0.252. The molecular weight excluding hydrogens is 304 g/mol. The average molecular weight is 328 g/mol. The summed E-state index contributed by atoms with van der Waals surface area (Å²) in [5, 5.41) is 12.2. The van der Waals surface area contributed by atoms with Crippen LogP contribution in [0.3, 0.4) is 0 Å². The highest BCUT2D eigenvalue weighted by molar-refractivity contribution is 5.89. The smallest absolute Gasteiger partial charge is 0.322 e. The number of carbonyl (C=O) groups is 1. The molecule has 0 aliphatic carbocycles. The number of nitrogens with one attached hydrogen (secondary N) is 1. The van der Waals surface area contributed by atoms with Crippen LogP contribution in [0.2, 0.25) is 0 Å². The van der Waals surface area contributed by atoms with Crippen LogP contribution >= 0.6 is 0 Å². The van der Waals surface area contributed by atoms with Gasteiger partial charge in [-0.1, -0.05) is 24.3 Å². The lowest BCUT2D eigenvalue weighted by Gasteiger charge is -2.23. The highest BCUT2D eigenvalue weighted by atomic mass is 16.5. The summed E-state index contributed by atoms with van der Waals surface area (Å²) in [6.07, 6.45) is 0. The van der Waals surface area contributed by atoms with Crippen LogP contribution in [0.5, 0.6) is 5.75 Å². The van der Waals surface area contributed by atoms with Crippen molar-refractivity contribution in [3.63, 3.8) is 0 Å². The average Bonchev–Trinajstić information content (AvgIpc) is 2.58. The molecule has 0 aliphatic heterocycles. The molecule has 0 aromatic heterocycles. The third kappa shape index (κ3) is 4.49. The number of para-hydroxylation sites is 1. The summed E-state index contributed by atoms with van der Waals surface area (Å²) in [5.41, 5.74) is 3.93. The van der Waals surface area contributed by atoms with Crippen molar-refractivity contribution < 1.29 is 14.6 Å². The van der Waals surface area contributed by atoms with Crippen LogP contribution in [-0.2, 0) is 6.54 Å². The molecule has 128 valence electrons. The Morgan fingerprint density at radius 2 is 1.92 bits per heavy atom. The van der Waals surface area contributed by atoms with E-state index >= 15 is 0 Å². The second-order valence-corrected chi connectivity index (χ2v) is 5.69. The number of hydrogen-bond acceptors (Lipinski definition) is 3. The lowest BCUT2D eigenvalue weighted by molar-refractivity contribution is 0.184. The number of carbonyl (C=O) groups excluding carboxylic acids is 1. The molecule has 0 bridgehead atoms. The maximum atomic E-state index is 12.6. The first-order chi connectivity index (χ1) is 11.5. The lowest BCUT2D eigenvalue weighted by atomic mass is 10.1. The van der Waals surface area contributed by atoms with Crippen molar-refractivity contribution in [2.45, 2.75) is 20.4 Å². The van der Waals surface area contributed by atoms with E-state index in [0.717, 1.165) is 22.6 Å². The predicted octanol–water partition coefficient (Wildman–Crippen LogP) is 3.34. The summed E-state index contributed by atoms with van der Waals surface area (Å²) in [6.45, 7) is 4.54.